The van der Waals surface area contributed by atoms with Gasteiger partial charge in [0, 0.05) is 18.0 Å². The average molecular weight is 268 g/mol. The predicted molar refractivity (Wildman–Crippen MR) is 52.8 cm³/mol. The number of carbonyl (C=O) groups is 1. The summed E-state index contributed by atoms with van der Waals surface area (Å²) in [6.07, 6.45) is -3.70. The number of alkyl halides is 3. The molecule has 2 N–H and O–H groups in total. The van der Waals surface area contributed by atoms with Crippen LogP contribution in [0.4, 0.5) is 13.2 Å². The summed E-state index contributed by atoms with van der Waals surface area (Å²) in [4.78, 5) is 27.0. The molecule has 0 bridgehead atoms. The molecule has 1 unspecified atom stereocenters. The van der Waals surface area contributed by atoms with Crippen LogP contribution in [0.5, 0.6) is 0 Å². The Labute approximate surface area is 97.1 Å². The lowest BCUT2D eigenvalue weighted by molar-refractivity contribution is -0.188. The zero-order valence-electron chi connectivity index (χ0n) is 8.19. The molecule has 1 atom stereocenters. The van der Waals surface area contributed by atoms with Gasteiger partial charge in [-0.2, -0.15) is 13.2 Å². The first-order valence-corrected chi connectivity index (χ1v) is 5.27. The van der Waals surface area contributed by atoms with Crippen LogP contribution < -0.4 is 5.56 Å². The number of nitrogens with zero attached hydrogens (tertiary/aromatic N) is 1. The third-order valence-corrected chi connectivity index (χ3v) is 2.71. The van der Waals surface area contributed by atoms with Crippen LogP contribution in [0.3, 0.4) is 0 Å². The van der Waals surface area contributed by atoms with Crippen molar-refractivity contribution in [1.82, 2.24) is 9.97 Å². The highest BCUT2D eigenvalue weighted by Gasteiger charge is 2.45. The van der Waals surface area contributed by atoms with E-state index in [0.717, 1.165) is 12.3 Å². The third kappa shape index (κ3) is 4.10. The maximum atomic E-state index is 12.3. The first-order chi connectivity index (χ1) is 7.80. The van der Waals surface area contributed by atoms with Gasteiger partial charge in [-0.05, 0) is 0 Å². The summed E-state index contributed by atoms with van der Waals surface area (Å²) in [5.41, 5.74) is -0.513. The summed E-state index contributed by atoms with van der Waals surface area (Å²) >= 11 is 0.530. The van der Waals surface area contributed by atoms with Gasteiger partial charge in [0.25, 0.3) is 5.56 Å². The molecule has 0 aliphatic heterocycles. The lowest BCUT2D eigenvalue weighted by Gasteiger charge is -2.14. The summed E-state index contributed by atoms with van der Waals surface area (Å²) in [5.74, 6) is -5.19. The summed E-state index contributed by atoms with van der Waals surface area (Å²) in [5, 5.41) is 8.37. The zero-order valence-corrected chi connectivity index (χ0v) is 9.01. The number of aromatic amines is 1. The van der Waals surface area contributed by atoms with E-state index >= 15 is 0 Å². The van der Waals surface area contributed by atoms with Gasteiger partial charge in [-0.1, -0.05) is 11.8 Å². The van der Waals surface area contributed by atoms with Crippen LogP contribution >= 0.6 is 11.8 Å². The van der Waals surface area contributed by atoms with Gasteiger partial charge in [0.15, 0.2) is 11.1 Å². The van der Waals surface area contributed by atoms with E-state index in [4.69, 9.17) is 5.11 Å². The van der Waals surface area contributed by atoms with E-state index in [0.29, 0.717) is 11.8 Å². The quantitative estimate of drug-likeness (QED) is 0.631. The van der Waals surface area contributed by atoms with Gasteiger partial charge in [0.2, 0.25) is 0 Å². The molecule has 94 valence electrons. The maximum absolute atomic E-state index is 12.3. The largest absolute Gasteiger partial charge is 0.481 e. The van der Waals surface area contributed by atoms with Crippen LogP contribution in [-0.4, -0.2) is 33.0 Å². The summed E-state index contributed by atoms with van der Waals surface area (Å²) < 4.78 is 36.8. The van der Waals surface area contributed by atoms with E-state index in [9.17, 15) is 22.8 Å². The minimum Gasteiger partial charge on any atom is -0.481 e. The molecule has 0 saturated heterocycles. The molecule has 0 amide bonds. The number of H-pyrrole nitrogens is 1. The monoisotopic (exact) mass is 268 g/mol. The highest BCUT2D eigenvalue weighted by Crippen LogP contribution is 2.30. The SMILES string of the molecule is O=C(O)C(CSc1nccc(=O)[nH]1)C(F)(F)F. The van der Waals surface area contributed by atoms with Crippen molar-refractivity contribution in [3.63, 3.8) is 0 Å². The van der Waals surface area contributed by atoms with Crippen LogP contribution in [-0.2, 0) is 4.79 Å². The average Bonchev–Trinajstić information content (AvgIpc) is 2.15. The van der Waals surface area contributed by atoms with E-state index in [1.165, 1.54) is 0 Å². The summed E-state index contributed by atoms with van der Waals surface area (Å²) in [6.45, 7) is 0. The third-order valence-electron chi connectivity index (χ3n) is 1.73. The molecule has 5 nitrogen and oxygen atoms in total. The first-order valence-electron chi connectivity index (χ1n) is 4.28. The normalized spacial score (nSPS) is 13.4. The number of rotatable bonds is 4. The Balaban J connectivity index is 2.71. The standard InChI is InChI=1S/C8H7F3N2O3S/c9-8(10,11)4(6(15)16)3-17-7-12-2-1-5(14)13-7/h1-2,4H,3H2,(H,15,16)(H,12,13,14). The maximum Gasteiger partial charge on any atom is 0.403 e. The van der Waals surface area contributed by atoms with E-state index in [1.807, 2.05) is 0 Å². The van der Waals surface area contributed by atoms with Crippen LogP contribution in [0.25, 0.3) is 0 Å². The molecule has 0 fully saturated rings. The molecule has 0 radical (unpaired) electrons. The number of carboxylic acids is 1. The number of aliphatic carboxylic acids is 1. The van der Waals surface area contributed by atoms with Crippen molar-refractivity contribution in [2.45, 2.75) is 11.3 Å². The van der Waals surface area contributed by atoms with Crippen LogP contribution in [0.2, 0.25) is 0 Å². The van der Waals surface area contributed by atoms with Crippen LogP contribution in [0.15, 0.2) is 22.2 Å². The minimum absolute atomic E-state index is 0.0481. The lowest BCUT2D eigenvalue weighted by atomic mass is 10.2. The van der Waals surface area contributed by atoms with Crippen LogP contribution in [0.1, 0.15) is 0 Å². The topological polar surface area (TPSA) is 83.0 Å². The van der Waals surface area contributed by atoms with E-state index < -0.39 is 29.4 Å². The molecular formula is C8H7F3N2O3S. The summed E-state index contributed by atoms with van der Waals surface area (Å²) in [6, 6.07) is 1.10. The molecule has 1 heterocycles. The number of aromatic nitrogens is 2. The Kier molecular flexibility index (Phi) is 4.16. The number of thioether (sulfide) groups is 1. The number of hydrogen-bond donors (Lipinski definition) is 2. The second-order valence-electron chi connectivity index (χ2n) is 2.98. The van der Waals surface area contributed by atoms with E-state index in [-0.39, 0.29) is 5.16 Å². The van der Waals surface area contributed by atoms with Crippen molar-refractivity contribution in [3.8, 4) is 0 Å². The second-order valence-corrected chi connectivity index (χ2v) is 3.99. The smallest absolute Gasteiger partial charge is 0.403 e. The fourth-order valence-electron chi connectivity index (χ4n) is 0.893. The van der Waals surface area contributed by atoms with Gasteiger partial charge in [0.05, 0.1) is 0 Å². The Bertz CT molecular complexity index is 460. The van der Waals surface area contributed by atoms with Gasteiger partial charge in [0.1, 0.15) is 0 Å². The molecule has 0 spiro atoms. The number of carboxylic acid groups (broad SMARTS) is 1. The van der Waals surface area contributed by atoms with Crippen molar-refractivity contribution in [1.29, 1.82) is 0 Å². The fourth-order valence-corrected chi connectivity index (χ4v) is 1.86. The van der Waals surface area contributed by atoms with Crippen LogP contribution in [0, 0.1) is 5.92 Å². The Morgan fingerprint density at radius 3 is 2.71 bits per heavy atom. The molecule has 17 heavy (non-hydrogen) atoms. The minimum atomic E-state index is -4.83. The van der Waals surface area contributed by atoms with Crippen molar-refractivity contribution < 1.29 is 23.1 Å². The summed E-state index contributed by atoms with van der Waals surface area (Å²) in [7, 11) is 0. The van der Waals surface area contributed by atoms with Crippen molar-refractivity contribution in [3.05, 3.63) is 22.6 Å². The van der Waals surface area contributed by atoms with E-state index in [1.54, 1.807) is 0 Å². The predicted octanol–water partition coefficient (Wildman–Crippen LogP) is 1.13. The fraction of sp³-hybridized carbons (Fsp3) is 0.375. The van der Waals surface area contributed by atoms with Crippen molar-refractivity contribution in [2.24, 2.45) is 5.92 Å². The van der Waals surface area contributed by atoms with E-state index in [2.05, 4.69) is 9.97 Å². The first kappa shape index (κ1) is 13.6. The van der Waals surface area contributed by atoms with Gasteiger partial charge < -0.3 is 10.1 Å². The molecule has 1 aromatic rings. The van der Waals surface area contributed by atoms with Gasteiger partial charge >= 0.3 is 12.1 Å². The molecule has 0 aromatic carbocycles. The Morgan fingerprint density at radius 2 is 2.24 bits per heavy atom. The Hall–Kier alpha value is -1.51. The molecule has 0 saturated carbocycles. The Morgan fingerprint density at radius 1 is 1.59 bits per heavy atom. The molecule has 9 heteroatoms. The molecular weight excluding hydrogens is 261 g/mol. The molecule has 1 rings (SSSR count). The second kappa shape index (κ2) is 5.21. The number of hydrogen-bond acceptors (Lipinski definition) is 4. The van der Waals surface area contributed by atoms with Crippen molar-refractivity contribution >= 4 is 17.7 Å². The van der Waals surface area contributed by atoms with Gasteiger partial charge in [-0.15, -0.1) is 0 Å². The molecule has 1 aromatic heterocycles. The van der Waals surface area contributed by atoms with Crippen molar-refractivity contribution in [2.75, 3.05) is 5.75 Å². The highest BCUT2D eigenvalue weighted by atomic mass is 32.2. The number of nitrogens with one attached hydrogen (secondary N) is 1. The molecule has 0 aliphatic rings. The van der Waals surface area contributed by atoms with Gasteiger partial charge in [-0.25, -0.2) is 4.98 Å². The van der Waals surface area contributed by atoms with Gasteiger partial charge in [-0.3, -0.25) is 9.59 Å². The zero-order chi connectivity index (χ0) is 13.1. The highest BCUT2D eigenvalue weighted by molar-refractivity contribution is 7.99. The lowest BCUT2D eigenvalue weighted by Crippen LogP contribution is -2.32. The number of halogens is 3. The molecule has 0 aliphatic carbocycles.